The van der Waals surface area contributed by atoms with Crippen molar-refractivity contribution >= 4 is 17.5 Å². The zero-order valence-corrected chi connectivity index (χ0v) is 15.9. The van der Waals surface area contributed by atoms with Gasteiger partial charge >= 0.3 is 0 Å². The molecule has 3 rings (SSSR count). The van der Waals surface area contributed by atoms with E-state index in [0.29, 0.717) is 31.2 Å². The number of fused-ring (bicyclic) bond motifs is 1. The second-order valence-electron chi connectivity index (χ2n) is 6.64. The molecule has 0 unspecified atom stereocenters. The highest BCUT2D eigenvalue weighted by atomic mass is 16.5. The lowest BCUT2D eigenvalue weighted by Crippen LogP contribution is -2.30. The van der Waals surface area contributed by atoms with Crippen molar-refractivity contribution in [1.82, 2.24) is 14.9 Å². The number of ether oxygens (including phenoxy) is 1. The summed E-state index contributed by atoms with van der Waals surface area (Å²) in [6.45, 7) is 1.82. The maximum atomic E-state index is 13.0. The number of imidazole rings is 1. The second-order valence-corrected chi connectivity index (χ2v) is 6.64. The Morgan fingerprint density at radius 3 is 2.78 bits per heavy atom. The fraction of sp³-hybridized carbons (Fsp3) is 0.450. The molecular weight excluding hydrogens is 344 g/mol. The van der Waals surface area contributed by atoms with Crippen LogP contribution in [-0.2, 0) is 17.7 Å². The van der Waals surface area contributed by atoms with E-state index < -0.39 is 0 Å². The van der Waals surface area contributed by atoms with Crippen molar-refractivity contribution in [1.29, 1.82) is 0 Å². The van der Waals surface area contributed by atoms with Crippen LogP contribution in [0.4, 0.5) is 5.69 Å². The molecule has 0 bridgehead atoms. The molecule has 0 spiro atoms. The standard InChI is InChI=1S/C20H26N4O3/c1-23(15-9-4-3-5-10-15)20(26)18-22-17(16-11-6-7-13-24(16)18)19(25)21-12-8-14-27-2/h3-5,9-10H,6-8,11-14H2,1-2H3,(H,21,25). The van der Waals surface area contributed by atoms with Crippen molar-refractivity contribution in [3.8, 4) is 0 Å². The smallest absolute Gasteiger partial charge is 0.294 e. The summed E-state index contributed by atoms with van der Waals surface area (Å²) in [4.78, 5) is 31.7. The van der Waals surface area contributed by atoms with E-state index in [-0.39, 0.29) is 11.8 Å². The Morgan fingerprint density at radius 1 is 1.26 bits per heavy atom. The summed E-state index contributed by atoms with van der Waals surface area (Å²) in [6, 6.07) is 9.44. The van der Waals surface area contributed by atoms with Gasteiger partial charge in [-0.15, -0.1) is 0 Å². The summed E-state index contributed by atoms with van der Waals surface area (Å²) in [6.07, 6.45) is 3.47. The fourth-order valence-corrected chi connectivity index (χ4v) is 3.31. The summed E-state index contributed by atoms with van der Waals surface area (Å²) < 4.78 is 6.91. The number of carbonyl (C=O) groups is 2. The molecule has 0 radical (unpaired) electrons. The zero-order chi connectivity index (χ0) is 19.2. The first kappa shape index (κ1) is 19.1. The molecule has 1 aromatic heterocycles. The lowest BCUT2D eigenvalue weighted by Gasteiger charge is -2.20. The number of hydrogen-bond acceptors (Lipinski definition) is 4. The molecule has 0 saturated carbocycles. The molecule has 7 nitrogen and oxygen atoms in total. The summed E-state index contributed by atoms with van der Waals surface area (Å²) in [5, 5.41) is 2.88. The van der Waals surface area contributed by atoms with Crippen molar-refractivity contribution in [2.45, 2.75) is 32.2 Å². The Balaban J connectivity index is 1.84. The van der Waals surface area contributed by atoms with Crippen LogP contribution >= 0.6 is 0 Å². The number of nitrogens with zero attached hydrogens (tertiary/aromatic N) is 3. The molecule has 0 aliphatic carbocycles. The number of carbonyl (C=O) groups excluding carboxylic acids is 2. The first-order chi connectivity index (χ1) is 13.1. The largest absolute Gasteiger partial charge is 0.385 e. The van der Waals surface area contributed by atoms with Gasteiger partial charge in [0, 0.05) is 39.5 Å². The lowest BCUT2D eigenvalue weighted by molar-refractivity contribution is 0.0942. The molecule has 2 aromatic rings. The van der Waals surface area contributed by atoms with E-state index in [2.05, 4.69) is 10.3 Å². The minimum absolute atomic E-state index is 0.206. The molecule has 1 aromatic carbocycles. The Hall–Kier alpha value is -2.67. The van der Waals surface area contributed by atoms with Crippen LogP contribution in [0.5, 0.6) is 0 Å². The van der Waals surface area contributed by atoms with E-state index in [9.17, 15) is 9.59 Å². The number of benzene rings is 1. The Morgan fingerprint density at radius 2 is 2.04 bits per heavy atom. The number of anilines is 1. The lowest BCUT2D eigenvalue weighted by atomic mass is 10.1. The van der Waals surface area contributed by atoms with Crippen LogP contribution in [0.3, 0.4) is 0 Å². The van der Waals surface area contributed by atoms with Crippen molar-refractivity contribution < 1.29 is 14.3 Å². The maximum Gasteiger partial charge on any atom is 0.294 e. The van der Waals surface area contributed by atoms with Crippen molar-refractivity contribution in [2.75, 3.05) is 32.2 Å². The number of hydrogen-bond donors (Lipinski definition) is 1. The van der Waals surface area contributed by atoms with Gasteiger partial charge in [0.2, 0.25) is 5.82 Å². The van der Waals surface area contributed by atoms with Gasteiger partial charge in [-0.3, -0.25) is 9.59 Å². The quantitative estimate of drug-likeness (QED) is 0.759. The second kappa shape index (κ2) is 8.81. The van der Waals surface area contributed by atoms with Gasteiger partial charge in [0.15, 0.2) is 0 Å². The Bertz CT molecular complexity index is 801. The molecule has 0 saturated heterocycles. The van der Waals surface area contributed by atoms with Crippen LogP contribution in [0.15, 0.2) is 30.3 Å². The zero-order valence-electron chi connectivity index (χ0n) is 15.9. The Labute approximate surface area is 159 Å². The van der Waals surface area contributed by atoms with Crippen molar-refractivity contribution in [3.05, 3.63) is 47.5 Å². The van der Waals surface area contributed by atoms with Crippen molar-refractivity contribution in [3.63, 3.8) is 0 Å². The average molecular weight is 370 g/mol. The molecule has 1 aliphatic heterocycles. The van der Waals surface area contributed by atoms with Gasteiger partial charge < -0.3 is 19.5 Å². The summed E-state index contributed by atoms with van der Waals surface area (Å²) in [7, 11) is 3.36. The molecule has 2 heterocycles. The Kier molecular flexibility index (Phi) is 6.24. The molecule has 1 N–H and O–H groups in total. The summed E-state index contributed by atoms with van der Waals surface area (Å²) >= 11 is 0. The molecule has 2 amide bonds. The van der Waals surface area contributed by atoms with Gasteiger partial charge in [-0.25, -0.2) is 4.98 Å². The highest BCUT2D eigenvalue weighted by molar-refractivity contribution is 6.05. The number of para-hydroxylation sites is 1. The average Bonchev–Trinajstić information content (AvgIpc) is 3.10. The van der Waals surface area contributed by atoms with E-state index in [0.717, 1.165) is 37.1 Å². The van der Waals surface area contributed by atoms with Gasteiger partial charge in [0.1, 0.15) is 5.69 Å². The third-order valence-electron chi connectivity index (χ3n) is 4.78. The maximum absolute atomic E-state index is 13.0. The summed E-state index contributed by atoms with van der Waals surface area (Å²) in [5.74, 6) is -0.0981. The van der Waals surface area contributed by atoms with Gasteiger partial charge in [-0.05, 0) is 37.8 Å². The highest BCUT2D eigenvalue weighted by Gasteiger charge is 2.29. The minimum atomic E-state index is -0.224. The van der Waals surface area contributed by atoms with E-state index in [1.165, 1.54) is 0 Å². The minimum Gasteiger partial charge on any atom is -0.385 e. The van der Waals surface area contributed by atoms with Crippen LogP contribution in [-0.4, -0.2) is 48.7 Å². The number of aromatic nitrogens is 2. The third kappa shape index (κ3) is 4.19. The number of rotatable bonds is 7. The van der Waals surface area contributed by atoms with Crippen LogP contribution in [0.25, 0.3) is 0 Å². The molecule has 27 heavy (non-hydrogen) atoms. The highest BCUT2D eigenvalue weighted by Crippen LogP contribution is 2.23. The number of amides is 2. The normalized spacial score (nSPS) is 13.1. The topological polar surface area (TPSA) is 76.5 Å². The summed E-state index contributed by atoms with van der Waals surface area (Å²) in [5.41, 5.74) is 2.02. The molecule has 0 fully saturated rings. The number of methoxy groups -OCH3 is 1. The molecule has 1 aliphatic rings. The molecular formula is C20H26N4O3. The van der Waals surface area contributed by atoms with Gasteiger partial charge in [-0.2, -0.15) is 0 Å². The number of nitrogens with one attached hydrogen (secondary N) is 1. The van der Waals surface area contributed by atoms with Crippen molar-refractivity contribution in [2.24, 2.45) is 0 Å². The third-order valence-corrected chi connectivity index (χ3v) is 4.78. The SMILES string of the molecule is COCCCNC(=O)c1nc(C(=O)N(C)c2ccccc2)n2c1CCCC2. The molecule has 7 heteroatoms. The first-order valence-electron chi connectivity index (χ1n) is 9.33. The predicted octanol–water partition coefficient (Wildman–Crippen LogP) is 2.26. The van der Waals surface area contributed by atoms with Gasteiger partial charge in [-0.1, -0.05) is 18.2 Å². The molecule has 0 atom stereocenters. The van der Waals surface area contributed by atoms with Gasteiger partial charge in [0.05, 0.1) is 5.69 Å². The van der Waals surface area contributed by atoms with E-state index in [4.69, 9.17) is 4.74 Å². The van der Waals surface area contributed by atoms with E-state index in [1.54, 1.807) is 19.1 Å². The first-order valence-corrected chi connectivity index (χ1v) is 9.33. The van der Waals surface area contributed by atoms with E-state index in [1.807, 2.05) is 34.9 Å². The fourth-order valence-electron chi connectivity index (χ4n) is 3.31. The molecule has 144 valence electrons. The van der Waals surface area contributed by atoms with Gasteiger partial charge in [0.25, 0.3) is 11.8 Å². The van der Waals surface area contributed by atoms with Crippen LogP contribution in [0, 0.1) is 0 Å². The van der Waals surface area contributed by atoms with Crippen LogP contribution < -0.4 is 10.2 Å². The predicted molar refractivity (Wildman–Crippen MR) is 103 cm³/mol. The van der Waals surface area contributed by atoms with E-state index >= 15 is 0 Å². The van der Waals surface area contributed by atoms with Crippen LogP contribution in [0.2, 0.25) is 0 Å². The van der Waals surface area contributed by atoms with Crippen LogP contribution in [0.1, 0.15) is 46.1 Å². The monoisotopic (exact) mass is 370 g/mol.